The Bertz CT molecular complexity index is 1490. The van der Waals surface area contributed by atoms with E-state index in [1.54, 1.807) is 27.5 Å². The van der Waals surface area contributed by atoms with Crippen molar-refractivity contribution in [2.75, 3.05) is 13.1 Å². The molecule has 0 saturated carbocycles. The van der Waals surface area contributed by atoms with Gasteiger partial charge >= 0.3 is 6.09 Å². The number of amides is 1. The van der Waals surface area contributed by atoms with Crippen molar-refractivity contribution in [3.63, 3.8) is 0 Å². The predicted molar refractivity (Wildman–Crippen MR) is 150 cm³/mol. The molecule has 1 amide bonds. The fourth-order valence-electron chi connectivity index (χ4n) is 4.05. The fraction of sp³-hybridized carbons (Fsp3) is 0.276. The second-order valence-corrected chi connectivity index (χ2v) is 9.92. The van der Waals surface area contributed by atoms with Gasteiger partial charge in [-0.2, -0.15) is 0 Å². The molecule has 38 heavy (non-hydrogen) atoms. The van der Waals surface area contributed by atoms with E-state index in [4.69, 9.17) is 4.74 Å². The van der Waals surface area contributed by atoms with Gasteiger partial charge in [0, 0.05) is 31.7 Å². The first-order valence-electron chi connectivity index (χ1n) is 12.8. The van der Waals surface area contributed by atoms with Crippen molar-refractivity contribution in [1.29, 1.82) is 0 Å². The number of fused-ring (bicyclic) bond motifs is 3. The summed E-state index contributed by atoms with van der Waals surface area (Å²) < 4.78 is 21.5. The molecule has 1 aliphatic heterocycles. The largest absolute Gasteiger partial charge is 0.445 e. The molecule has 4 heterocycles. The lowest BCUT2D eigenvalue weighted by Gasteiger charge is -2.14. The molecule has 0 spiro atoms. The van der Waals surface area contributed by atoms with E-state index in [0.29, 0.717) is 12.3 Å². The van der Waals surface area contributed by atoms with E-state index in [-0.39, 0.29) is 6.09 Å². The highest BCUT2D eigenvalue weighted by Crippen LogP contribution is 2.19. The van der Waals surface area contributed by atoms with Crippen molar-refractivity contribution in [3.05, 3.63) is 96.6 Å². The van der Waals surface area contributed by atoms with E-state index in [0.717, 1.165) is 53.1 Å². The van der Waals surface area contributed by atoms with E-state index < -0.39 is 11.0 Å². The molecule has 5 aromatic rings. The minimum absolute atomic E-state index is 0.184. The number of rotatable bonds is 4. The van der Waals surface area contributed by atoms with Crippen LogP contribution in [0.1, 0.15) is 37.8 Å². The third kappa shape index (κ3) is 6.28. The third-order valence-corrected chi connectivity index (χ3v) is 7.33. The van der Waals surface area contributed by atoms with Crippen molar-refractivity contribution in [2.24, 2.45) is 0 Å². The monoisotopic (exact) mass is 531 g/mol. The summed E-state index contributed by atoms with van der Waals surface area (Å²) in [5.41, 5.74) is 4.53. The quantitative estimate of drug-likeness (QED) is 0.284. The number of imidazole rings is 1. The minimum Gasteiger partial charge on any atom is -0.445 e. The Morgan fingerprint density at radius 3 is 2.37 bits per heavy atom. The van der Waals surface area contributed by atoms with E-state index in [9.17, 15) is 9.00 Å². The highest BCUT2D eigenvalue weighted by Gasteiger charge is 2.18. The zero-order valence-electron chi connectivity index (χ0n) is 22.0. The summed E-state index contributed by atoms with van der Waals surface area (Å²) in [6, 6.07) is 19.3. The highest BCUT2D eigenvalue weighted by molar-refractivity contribution is 7.83. The van der Waals surface area contributed by atoms with E-state index >= 15 is 0 Å². The van der Waals surface area contributed by atoms with Gasteiger partial charge in [-0.25, -0.2) is 22.9 Å². The highest BCUT2D eigenvalue weighted by atomic mass is 32.2. The number of benzene rings is 2. The number of nitrogens with zero attached hydrogens (tertiary/aromatic N) is 5. The first-order valence-corrected chi connectivity index (χ1v) is 13.9. The molecule has 8 nitrogen and oxygen atoms in total. The first kappa shape index (κ1) is 27.1. The zero-order valence-corrected chi connectivity index (χ0v) is 22.8. The maximum atomic E-state index is 12.7. The van der Waals surface area contributed by atoms with Gasteiger partial charge < -0.3 is 9.64 Å². The Labute approximate surface area is 225 Å². The summed E-state index contributed by atoms with van der Waals surface area (Å²) in [4.78, 5) is 22.6. The molecule has 1 saturated heterocycles. The number of carbonyl (C=O) groups is 1. The molecule has 1 fully saturated rings. The van der Waals surface area contributed by atoms with Gasteiger partial charge in [0.05, 0.1) is 16.6 Å². The Kier molecular flexibility index (Phi) is 9.26. The Morgan fingerprint density at radius 2 is 1.66 bits per heavy atom. The summed E-state index contributed by atoms with van der Waals surface area (Å²) in [6.07, 6.45) is 9.10. The van der Waals surface area contributed by atoms with E-state index in [1.165, 1.54) is 0 Å². The van der Waals surface area contributed by atoms with Crippen LogP contribution in [0.25, 0.3) is 16.8 Å². The Morgan fingerprint density at radius 1 is 0.947 bits per heavy atom. The van der Waals surface area contributed by atoms with Crippen molar-refractivity contribution in [1.82, 2.24) is 23.2 Å². The van der Waals surface area contributed by atoms with Crippen LogP contribution >= 0.6 is 0 Å². The van der Waals surface area contributed by atoms with Crippen LogP contribution in [0.4, 0.5) is 4.79 Å². The van der Waals surface area contributed by atoms with Crippen LogP contribution in [0.5, 0.6) is 0 Å². The summed E-state index contributed by atoms with van der Waals surface area (Å²) >= 11 is 0. The average molecular weight is 532 g/mol. The molecule has 6 rings (SSSR count). The number of aromatic nitrogens is 4. The predicted octanol–water partition coefficient (Wildman–Crippen LogP) is 6.01. The molecule has 1 unspecified atom stereocenters. The molecule has 0 bridgehead atoms. The summed E-state index contributed by atoms with van der Waals surface area (Å²) in [5, 5.41) is 0. The molecule has 0 radical (unpaired) electrons. The molecule has 1 atom stereocenters. The summed E-state index contributed by atoms with van der Waals surface area (Å²) in [5.74, 6) is 0. The van der Waals surface area contributed by atoms with Crippen molar-refractivity contribution >= 4 is 33.9 Å². The van der Waals surface area contributed by atoms with Crippen molar-refractivity contribution in [3.8, 4) is 0 Å². The smallest absolute Gasteiger partial charge is 0.410 e. The fourth-order valence-corrected chi connectivity index (χ4v) is 5.12. The molecule has 3 aromatic heterocycles. The third-order valence-electron chi connectivity index (χ3n) is 6.01. The first-order chi connectivity index (χ1) is 18.6. The molecular formula is C29H33N5O3S. The summed E-state index contributed by atoms with van der Waals surface area (Å²) in [7, 11) is -1.31. The second kappa shape index (κ2) is 13.0. The van der Waals surface area contributed by atoms with E-state index in [1.807, 2.05) is 92.0 Å². The maximum absolute atomic E-state index is 12.7. The van der Waals surface area contributed by atoms with Gasteiger partial charge in [0.1, 0.15) is 6.61 Å². The van der Waals surface area contributed by atoms with Gasteiger partial charge in [0.25, 0.3) is 0 Å². The number of hydrogen-bond donors (Lipinski definition) is 0. The van der Waals surface area contributed by atoms with Crippen molar-refractivity contribution in [2.45, 2.75) is 45.1 Å². The zero-order chi connectivity index (χ0) is 26.9. The second-order valence-electron chi connectivity index (χ2n) is 8.56. The minimum atomic E-state index is -1.31. The van der Waals surface area contributed by atoms with Crippen LogP contribution in [0, 0.1) is 6.92 Å². The molecule has 0 N–H and O–H groups in total. The van der Waals surface area contributed by atoms with Crippen LogP contribution in [0.2, 0.25) is 0 Å². The van der Waals surface area contributed by atoms with Crippen LogP contribution in [0.3, 0.4) is 0 Å². The normalized spacial score (nSPS) is 13.4. The van der Waals surface area contributed by atoms with Crippen LogP contribution in [-0.4, -0.2) is 46.6 Å². The van der Waals surface area contributed by atoms with Gasteiger partial charge in [-0.15, -0.1) is 0 Å². The van der Waals surface area contributed by atoms with Gasteiger partial charge in [-0.1, -0.05) is 61.9 Å². The van der Waals surface area contributed by atoms with E-state index in [2.05, 4.69) is 9.97 Å². The lowest BCUT2D eigenvalue weighted by Crippen LogP contribution is -2.28. The molecule has 0 aliphatic carbocycles. The number of likely N-dealkylation sites (tertiary alicyclic amines) is 1. The van der Waals surface area contributed by atoms with Crippen LogP contribution < -0.4 is 0 Å². The van der Waals surface area contributed by atoms with Gasteiger partial charge in [0.15, 0.2) is 22.3 Å². The lowest BCUT2D eigenvalue weighted by atomic mass is 10.2. The molecular weight excluding hydrogens is 498 g/mol. The van der Waals surface area contributed by atoms with Gasteiger partial charge in [-0.05, 0) is 43.5 Å². The number of hydrogen-bond acceptors (Lipinski definition) is 5. The van der Waals surface area contributed by atoms with Gasteiger partial charge in [-0.3, -0.25) is 4.40 Å². The van der Waals surface area contributed by atoms with Crippen molar-refractivity contribution < 1.29 is 13.7 Å². The van der Waals surface area contributed by atoms with Crippen LogP contribution in [-0.2, 0) is 22.3 Å². The van der Waals surface area contributed by atoms with Gasteiger partial charge in [0.2, 0.25) is 0 Å². The molecule has 9 heteroatoms. The number of carbonyl (C=O) groups excluding carboxylic acids is 1. The number of aryl methyl sites for hydroxylation is 1. The molecule has 1 aliphatic rings. The Hall–Kier alpha value is -3.98. The molecule has 198 valence electrons. The number of ether oxygens (including phenoxy) is 1. The molecule has 2 aromatic carbocycles. The average Bonchev–Trinajstić information content (AvgIpc) is 3.74. The SMILES string of the molecule is CC.Cc1ccc(S(=O)n2ccc3c2ncc2nccn23)cc1.O=C(OCc1ccccc1)N1CCCC1. The summed E-state index contributed by atoms with van der Waals surface area (Å²) in [6.45, 7) is 8.06. The Balaban J connectivity index is 0.000000175. The van der Waals surface area contributed by atoms with Crippen LogP contribution in [0.15, 0.2) is 90.3 Å². The lowest BCUT2D eigenvalue weighted by molar-refractivity contribution is 0.104. The maximum Gasteiger partial charge on any atom is 0.410 e. The topological polar surface area (TPSA) is 81.7 Å². The standard InChI is InChI=1S/C15H12N4OS.C12H15NO2.C2H6/c1-11-2-4-12(5-3-11)21(20)19-8-6-13-15(19)17-10-14-16-7-9-18(13)14;14-12(13-8-4-5-9-13)15-10-11-6-2-1-3-7-11;1-2/h2-10H,1H3;1-3,6-7H,4-5,8-10H2;1-2H3.